The fourth-order valence-electron chi connectivity index (χ4n) is 8.85. The second kappa shape index (κ2) is 14.7. The summed E-state index contributed by atoms with van der Waals surface area (Å²) in [6.45, 7) is 8.36. The zero-order valence-electron chi connectivity index (χ0n) is 33.4. The van der Waals surface area contributed by atoms with Crippen molar-refractivity contribution in [3.8, 4) is 5.75 Å². The number of benzene rings is 1. The number of hydrogen-bond acceptors (Lipinski definition) is 8. The predicted octanol–water partition coefficient (Wildman–Crippen LogP) is 6.01. The maximum atomic E-state index is 15.0. The molecule has 0 bridgehead atoms. The van der Waals surface area contributed by atoms with Gasteiger partial charge < -0.3 is 20.1 Å². The lowest BCUT2D eigenvalue weighted by Gasteiger charge is -2.39. The number of nitrogens with zero attached hydrogens (tertiary/aromatic N) is 3. The number of halogens is 3. The van der Waals surface area contributed by atoms with Crippen LogP contribution in [0.1, 0.15) is 109 Å². The minimum atomic E-state index is -4.91. The van der Waals surface area contributed by atoms with E-state index >= 15 is 4.79 Å². The number of amides is 4. The van der Waals surface area contributed by atoms with Crippen LogP contribution in [0, 0.1) is 18.8 Å². The number of carbonyl (C=O) groups excluding carboxylic acids is 3. The number of sulfonamides is 1. The first kappa shape index (κ1) is 41.7. The number of alkyl halides is 3. The van der Waals surface area contributed by atoms with Crippen LogP contribution in [0.15, 0.2) is 30.4 Å². The number of carbonyl (C=O) groups is 4. The average molecular weight is 832 g/mol. The molecule has 7 rings (SSSR count). The maximum Gasteiger partial charge on any atom is 0.437 e. The summed E-state index contributed by atoms with van der Waals surface area (Å²) in [6, 6.07) is 1.66. The minimum absolute atomic E-state index is 0.0808. The fraction of sp³-hybridized carbons (Fsp3) is 0.634. The molecule has 316 valence electrons. The Kier molecular flexibility index (Phi) is 10.6. The topological polar surface area (TPSA) is 175 Å². The van der Waals surface area contributed by atoms with Crippen molar-refractivity contribution in [3.05, 3.63) is 47.2 Å². The second-order valence-corrected chi connectivity index (χ2v) is 19.9. The quantitative estimate of drug-likeness (QED) is 0.295. The summed E-state index contributed by atoms with van der Waals surface area (Å²) in [4.78, 5) is 63.0. The lowest BCUT2D eigenvalue weighted by molar-refractivity contribution is -0.145. The monoisotopic (exact) mass is 831 g/mol. The third-order valence-corrected chi connectivity index (χ3v) is 15.3. The van der Waals surface area contributed by atoms with Gasteiger partial charge in [-0.1, -0.05) is 50.5 Å². The van der Waals surface area contributed by atoms with E-state index < -0.39 is 91.4 Å². The van der Waals surface area contributed by atoms with E-state index in [-0.39, 0.29) is 50.1 Å². The molecular weight excluding hydrogens is 780 g/mol. The molecule has 3 aliphatic heterocycles. The van der Waals surface area contributed by atoms with Gasteiger partial charge in [-0.25, -0.2) is 18.2 Å². The number of aryl methyl sites for hydroxylation is 2. The van der Waals surface area contributed by atoms with E-state index in [0.29, 0.717) is 49.5 Å². The van der Waals surface area contributed by atoms with Crippen LogP contribution in [-0.4, -0.2) is 92.7 Å². The number of carboxylic acid groups (broad SMARTS) is 1. The molecule has 4 amide bonds. The Morgan fingerprint density at radius 1 is 1.10 bits per heavy atom. The zero-order chi connectivity index (χ0) is 42.2. The van der Waals surface area contributed by atoms with Crippen molar-refractivity contribution in [1.82, 2.24) is 24.8 Å². The van der Waals surface area contributed by atoms with Crippen LogP contribution in [0.3, 0.4) is 0 Å². The number of nitrogens with one attached hydrogen (secondary N) is 2. The Balaban J connectivity index is 1.31. The van der Waals surface area contributed by atoms with Crippen LogP contribution >= 0.6 is 0 Å². The first-order chi connectivity index (χ1) is 27.1. The average Bonchev–Trinajstić information content (AvgIpc) is 4.03. The molecule has 17 heteroatoms. The predicted molar refractivity (Wildman–Crippen MR) is 207 cm³/mol. The lowest BCUT2D eigenvalue weighted by Crippen LogP contribution is -2.60. The largest absolute Gasteiger partial charge is 0.483 e. The summed E-state index contributed by atoms with van der Waals surface area (Å²) >= 11 is 0. The molecule has 2 aliphatic carbocycles. The third kappa shape index (κ3) is 7.51. The van der Waals surface area contributed by atoms with E-state index in [9.17, 15) is 41.1 Å². The van der Waals surface area contributed by atoms with Crippen molar-refractivity contribution in [1.29, 1.82) is 0 Å². The highest BCUT2D eigenvalue weighted by Crippen LogP contribution is 2.50. The molecule has 4 heterocycles. The molecule has 1 saturated heterocycles. The highest BCUT2D eigenvalue weighted by molar-refractivity contribution is 7.91. The summed E-state index contributed by atoms with van der Waals surface area (Å²) in [5, 5.41) is 13.8. The Hall–Kier alpha value is -4.41. The Bertz CT molecular complexity index is 2180. The Morgan fingerprint density at radius 3 is 2.48 bits per heavy atom. The highest BCUT2D eigenvalue weighted by atomic mass is 32.2. The van der Waals surface area contributed by atoms with Crippen LogP contribution in [-0.2, 0) is 37.0 Å². The summed E-state index contributed by atoms with van der Waals surface area (Å²) in [7, 11) is -4.10. The highest BCUT2D eigenvalue weighted by Gasteiger charge is 2.64. The number of fused-ring (bicyclic) bond motifs is 5. The molecule has 1 aromatic heterocycles. The van der Waals surface area contributed by atoms with E-state index in [1.54, 1.807) is 25.1 Å². The van der Waals surface area contributed by atoms with Crippen LogP contribution in [0.25, 0.3) is 10.9 Å². The molecule has 3 N–H and O–H groups in total. The SMILES string of the molecule is Cc1ccc2nc(C(F)(F)F)c3c(c2c1)CC[C@]1(C[C@H]2C(=O)N[C@]4(C(=O)NS(=O)(=O)C5(C)CC5)C[C@H]4/C=C\CCCCC[C@H](N(C(=O)O)[C@H](C)C(C)C)C(=O)N2C1)O3. The molecule has 0 radical (unpaired) electrons. The molecule has 0 unspecified atom stereocenters. The molecule has 6 atom stereocenters. The van der Waals surface area contributed by atoms with Crippen molar-refractivity contribution in [2.75, 3.05) is 6.54 Å². The smallest absolute Gasteiger partial charge is 0.437 e. The Labute approximate surface area is 336 Å². The molecule has 3 fully saturated rings. The van der Waals surface area contributed by atoms with Crippen LogP contribution in [0.4, 0.5) is 18.0 Å². The molecule has 1 aromatic carbocycles. The first-order valence-electron chi connectivity index (χ1n) is 20.2. The molecule has 13 nitrogen and oxygen atoms in total. The van der Waals surface area contributed by atoms with Crippen LogP contribution < -0.4 is 14.8 Å². The van der Waals surface area contributed by atoms with Gasteiger partial charge in [-0.05, 0) is 90.2 Å². The van der Waals surface area contributed by atoms with Gasteiger partial charge in [0.1, 0.15) is 23.2 Å². The number of aromatic nitrogens is 1. The summed E-state index contributed by atoms with van der Waals surface area (Å²) in [5.74, 6) is -3.68. The van der Waals surface area contributed by atoms with Crippen molar-refractivity contribution in [2.45, 2.75) is 145 Å². The Morgan fingerprint density at radius 2 is 1.83 bits per heavy atom. The van der Waals surface area contributed by atoms with Gasteiger partial charge in [0.05, 0.1) is 16.8 Å². The third-order valence-electron chi connectivity index (χ3n) is 13.2. The van der Waals surface area contributed by atoms with Gasteiger partial charge in [-0.15, -0.1) is 0 Å². The molecule has 2 saturated carbocycles. The molecular formula is C41H52F3N5O8S. The van der Waals surface area contributed by atoms with Gasteiger partial charge in [0.25, 0.3) is 5.91 Å². The second-order valence-electron chi connectivity index (χ2n) is 17.7. The fourth-order valence-corrected chi connectivity index (χ4v) is 10.2. The number of ether oxygens (including phenoxy) is 1. The van der Waals surface area contributed by atoms with E-state index in [1.165, 1.54) is 17.9 Å². The lowest BCUT2D eigenvalue weighted by atomic mass is 9.86. The molecule has 1 spiro atoms. The minimum Gasteiger partial charge on any atom is -0.483 e. The van der Waals surface area contributed by atoms with Gasteiger partial charge in [0.2, 0.25) is 21.8 Å². The van der Waals surface area contributed by atoms with E-state index in [4.69, 9.17) is 4.74 Å². The van der Waals surface area contributed by atoms with Crippen molar-refractivity contribution < 1.29 is 50.6 Å². The van der Waals surface area contributed by atoms with E-state index in [2.05, 4.69) is 15.0 Å². The van der Waals surface area contributed by atoms with E-state index in [0.717, 1.165) is 10.5 Å². The number of pyridine rings is 1. The zero-order valence-corrected chi connectivity index (χ0v) is 34.3. The molecule has 2 aromatic rings. The van der Waals surface area contributed by atoms with E-state index in [1.807, 2.05) is 26.8 Å². The van der Waals surface area contributed by atoms with Crippen molar-refractivity contribution in [2.24, 2.45) is 11.8 Å². The van der Waals surface area contributed by atoms with Crippen molar-refractivity contribution in [3.63, 3.8) is 0 Å². The number of rotatable bonds is 6. The van der Waals surface area contributed by atoms with Gasteiger partial charge >= 0.3 is 12.3 Å². The van der Waals surface area contributed by atoms with Gasteiger partial charge in [-0.2, -0.15) is 13.2 Å². The number of hydrogen-bond donors (Lipinski definition) is 3. The summed E-state index contributed by atoms with van der Waals surface area (Å²) < 4.78 is 78.2. The molecule has 58 heavy (non-hydrogen) atoms. The number of allylic oxidation sites excluding steroid dienone is 1. The van der Waals surface area contributed by atoms with Gasteiger partial charge in [-0.3, -0.25) is 24.0 Å². The maximum absolute atomic E-state index is 15.0. The van der Waals surface area contributed by atoms with Gasteiger partial charge in [0, 0.05) is 29.3 Å². The standard InChI is InChI=1S/C41H52F3N5O8S/c1-23(2)25(4)49(37(53)54)30-12-10-8-6-7-9-11-26-20-40(26,36(52)47-58(55,56)38(5)17-18-38)46-34(50)31-21-39(22-48(31)35(30)51)16-15-27-28-19-24(3)13-14-29(28)45-33(32(27)57-39)41(42,43)44/h9,11,13-14,19,23,25-26,30-31H,6-8,10,12,15-18,20-22H2,1-5H3,(H,46,50)(H,47,52)(H,53,54)/b11-9-/t25-,26-,30+,31+,39-,40-/m1/s1. The normalized spacial score (nSPS) is 29.5. The molecule has 5 aliphatic rings. The van der Waals surface area contributed by atoms with Crippen molar-refractivity contribution >= 4 is 44.7 Å². The summed E-state index contributed by atoms with van der Waals surface area (Å²) in [6.07, 6.45) is 0.680. The first-order valence-corrected chi connectivity index (χ1v) is 21.7. The van der Waals surface area contributed by atoms with Crippen LogP contribution in [0.2, 0.25) is 0 Å². The van der Waals surface area contributed by atoms with Crippen LogP contribution in [0.5, 0.6) is 5.75 Å². The summed E-state index contributed by atoms with van der Waals surface area (Å²) in [5.41, 5.74) is -3.18. The van der Waals surface area contributed by atoms with Gasteiger partial charge in [0.15, 0.2) is 11.4 Å².